The van der Waals surface area contributed by atoms with E-state index in [0.29, 0.717) is 0 Å². The molecule has 0 bridgehead atoms. The summed E-state index contributed by atoms with van der Waals surface area (Å²) in [6, 6.07) is 5.65. The van der Waals surface area contributed by atoms with Gasteiger partial charge in [0, 0.05) is 0 Å². The quantitative estimate of drug-likeness (QED) is 0.806. The molecular formula is C12H14O3. The maximum atomic E-state index is 11.1. The monoisotopic (exact) mass is 206 g/mol. The minimum Gasteiger partial charge on any atom is -0.496 e. The Morgan fingerprint density at radius 3 is 3.00 bits per heavy atom. The summed E-state index contributed by atoms with van der Waals surface area (Å²) in [7, 11) is 1.62. The minimum absolute atomic E-state index is 0.358. The molecule has 1 aromatic rings. The average Bonchev–Trinajstić information content (AvgIpc) is 2.27. The van der Waals surface area contributed by atoms with Gasteiger partial charge in [0.25, 0.3) is 0 Å². The van der Waals surface area contributed by atoms with E-state index in [9.17, 15) is 4.79 Å². The Kier molecular flexibility index (Phi) is 2.62. The number of carboxylic acid groups (broad SMARTS) is 1. The molecule has 3 nitrogen and oxygen atoms in total. The van der Waals surface area contributed by atoms with Gasteiger partial charge >= 0.3 is 5.97 Å². The Labute approximate surface area is 88.7 Å². The van der Waals surface area contributed by atoms with Crippen molar-refractivity contribution in [1.82, 2.24) is 0 Å². The van der Waals surface area contributed by atoms with E-state index in [0.717, 1.165) is 36.1 Å². The molecule has 0 saturated carbocycles. The van der Waals surface area contributed by atoms with Crippen molar-refractivity contribution in [3.8, 4) is 5.75 Å². The zero-order valence-electron chi connectivity index (χ0n) is 8.69. The summed E-state index contributed by atoms with van der Waals surface area (Å²) in [6.07, 6.45) is 2.57. The van der Waals surface area contributed by atoms with Gasteiger partial charge in [0.1, 0.15) is 5.75 Å². The van der Waals surface area contributed by atoms with E-state index in [1.54, 1.807) is 7.11 Å². The van der Waals surface area contributed by atoms with Gasteiger partial charge in [-0.15, -0.1) is 0 Å². The molecule has 80 valence electrons. The Bertz CT molecular complexity index is 384. The van der Waals surface area contributed by atoms with Gasteiger partial charge < -0.3 is 9.84 Å². The zero-order chi connectivity index (χ0) is 10.8. The van der Waals surface area contributed by atoms with Crippen LogP contribution in [0, 0.1) is 0 Å². The van der Waals surface area contributed by atoms with Crippen LogP contribution in [-0.4, -0.2) is 18.2 Å². The van der Waals surface area contributed by atoms with E-state index >= 15 is 0 Å². The van der Waals surface area contributed by atoms with E-state index in [-0.39, 0.29) is 5.92 Å². The number of benzene rings is 1. The second-order valence-electron chi connectivity index (χ2n) is 3.81. The molecule has 15 heavy (non-hydrogen) atoms. The van der Waals surface area contributed by atoms with Crippen molar-refractivity contribution >= 4 is 5.97 Å². The van der Waals surface area contributed by atoms with Crippen molar-refractivity contribution in [1.29, 1.82) is 0 Å². The van der Waals surface area contributed by atoms with Gasteiger partial charge in [-0.2, -0.15) is 0 Å². The molecule has 1 aliphatic carbocycles. The summed E-state index contributed by atoms with van der Waals surface area (Å²) in [4.78, 5) is 11.1. The highest BCUT2D eigenvalue weighted by atomic mass is 16.5. The van der Waals surface area contributed by atoms with Crippen LogP contribution >= 0.6 is 0 Å². The Morgan fingerprint density at radius 1 is 1.53 bits per heavy atom. The first-order valence-electron chi connectivity index (χ1n) is 5.12. The first-order chi connectivity index (χ1) is 7.24. The molecule has 1 atom stereocenters. The minimum atomic E-state index is -0.732. The fourth-order valence-electron chi connectivity index (χ4n) is 2.26. The molecule has 0 fully saturated rings. The number of hydrogen-bond acceptors (Lipinski definition) is 2. The summed E-state index contributed by atoms with van der Waals surface area (Å²) in [5.74, 6) is -0.272. The largest absolute Gasteiger partial charge is 0.496 e. The van der Waals surface area contributed by atoms with Gasteiger partial charge in [0.05, 0.1) is 13.0 Å². The summed E-state index contributed by atoms with van der Waals surface area (Å²) >= 11 is 0. The molecule has 0 aliphatic heterocycles. The third kappa shape index (κ3) is 1.69. The Balaban J connectivity index is 2.48. The predicted molar refractivity (Wildman–Crippen MR) is 56.3 cm³/mol. The molecule has 0 unspecified atom stereocenters. The molecule has 1 aliphatic rings. The number of hydrogen-bond donors (Lipinski definition) is 1. The summed E-state index contributed by atoms with van der Waals surface area (Å²) in [5, 5.41) is 9.11. The summed E-state index contributed by atoms with van der Waals surface area (Å²) in [5.41, 5.74) is 1.99. The number of aliphatic carboxylic acids is 1. The lowest BCUT2D eigenvalue weighted by atomic mass is 9.82. The van der Waals surface area contributed by atoms with Crippen molar-refractivity contribution in [2.45, 2.75) is 25.2 Å². The van der Waals surface area contributed by atoms with Crippen LogP contribution in [0.1, 0.15) is 29.9 Å². The lowest BCUT2D eigenvalue weighted by Gasteiger charge is -2.23. The number of methoxy groups -OCH3 is 1. The zero-order valence-corrected chi connectivity index (χ0v) is 8.69. The number of carbonyl (C=O) groups is 1. The lowest BCUT2D eigenvalue weighted by Crippen LogP contribution is -2.18. The van der Waals surface area contributed by atoms with Gasteiger partial charge in [-0.3, -0.25) is 4.79 Å². The van der Waals surface area contributed by atoms with Crippen molar-refractivity contribution in [3.63, 3.8) is 0 Å². The molecule has 0 radical (unpaired) electrons. The SMILES string of the molecule is COc1cccc2c1CCC[C@H]2C(=O)O. The number of fused-ring (bicyclic) bond motifs is 1. The maximum absolute atomic E-state index is 11.1. The van der Waals surface area contributed by atoms with E-state index in [2.05, 4.69) is 0 Å². The van der Waals surface area contributed by atoms with Crippen LogP contribution in [0.3, 0.4) is 0 Å². The molecule has 3 heteroatoms. The Hall–Kier alpha value is -1.51. The van der Waals surface area contributed by atoms with E-state index < -0.39 is 5.97 Å². The van der Waals surface area contributed by atoms with Crippen molar-refractivity contribution in [3.05, 3.63) is 29.3 Å². The number of carboxylic acids is 1. The maximum Gasteiger partial charge on any atom is 0.310 e. The molecule has 1 N–H and O–H groups in total. The van der Waals surface area contributed by atoms with Crippen LogP contribution in [0.2, 0.25) is 0 Å². The van der Waals surface area contributed by atoms with Crippen LogP contribution in [0.25, 0.3) is 0 Å². The van der Waals surface area contributed by atoms with Gasteiger partial charge in [-0.05, 0) is 36.5 Å². The second-order valence-corrected chi connectivity index (χ2v) is 3.81. The average molecular weight is 206 g/mol. The van der Waals surface area contributed by atoms with E-state index in [1.807, 2.05) is 18.2 Å². The highest BCUT2D eigenvalue weighted by Gasteiger charge is 2.27. The smallest absolute Gasteiger partial charge is 0.310 e. The van der Waals surface area contributed by atoms with E-state index in [4.69, 9.17) is 9.84 Å². The highest BCUT2D eigenvalue weighted by Crippen LogP contribution is 2.36. The topological polar surface area (TPSA) is 46.5 Å². The summed E-state index contributed by atoms with van der Waals surface area (Å²) < 4.78 is 5.25. The molecule has 1 aromatic carbocycles. The van der Waals surface area contributed by atoms with Crippen LogP contribution in [0.5, 0.6) is 5.75 Å². The molecule has 0 heterocycles. The van der Waals surface area contributed by atoms with Gasteiger partial charge in [0.2, 0.25) is 0 Å². The molecule has 0 saturated heterocycles. The van der Waals surface area contributed by atoms with Gasteiger partial charge in [-0.25, -0.2) is 0 Å². The molecule has 0 aromatic heterocycles. The number of ether oxygens (including phenoxy) is 1. The predicted octanol–water partition coefficient (Wildman–Crippen LogP) is 2.20. The van der Waals surface area contributed by atoms with Crippen molar-refractivity contribution in [2.75, 3.05) is 7.11 Å². The van der Waals surface area contributed by atoms with Crippen LogP contribution in [0.15, 0.2) is 18.2 Å². The fraction of sp³-hybridized carbons (Fsp3) is 0.417. The first-order valence-corrected chi connectivity index (χ1v) is 5.12. The standard InChI is InChI=1S/C12H14O3/c1-15-11-7-3-4-8-9(11)5-2-6-10(8)12(13)14/h3-4,7,10H,2,5-6H2,1H3,(H,13,14)/t10-/m1/s1. The van der Waals surface area contributed by atoms with Gasteiger partial charge in [0.15, 0.2) is 0 Å². The van der Waals surface area contributed by atoms with Crippen LogP contribution < -0.4 is 4.74 Å². The van der Waals surface area contributed by atoms with Gasteiger partial charge in [-0.1, -0.05) is 12.1 Å². The molecule has 0 amide bonds. The van der Waals surface area contributed by atoms with Crippen LogP contribution in [-0.2, 0) is 11.2 Å². The third-order valence-corrected chi connectivity index (χ3v) is 2.98. The first kappa shape index (κ1) is 10.0. The highest BCUT2D eigenvalue weighted by molar-refractivity contribution is 5.77. The normalized spacial score (nSPS) is 19.4. The molecule has 2 rings (SSSR count). The van der Waals surface area contributed by atoms with Crippen molar-refractivity contribution in [2.24, 2.45) is 0 Å². The third-order valence-electron chi connectivity index (χ3n) is 2.98. The Morgan fingerprint density at radius 2 is 2.33 bits per heavy atom. The lowest BCUT2D eigenvalue weighted by molar-refractivity contribution is -0.139. The molecular weight excluding hydrogens is 192 g/mol. The van der Waals surface area contributed by atoms with Crippen LogP contribution in [0.4, 0.5) is 0 Å². The molecule has 0 spiro atoms. The number of rotatable bonds is 2. The van der Waals surface area contributed by atoms with Crippen molar-refractivity contribution < 1.29 is 14.6 Å². The van der Waals surface area contributed by atoms with E-state index in [1.165, 1.54) is 0 Å². The summed E-state index contributed by atoms with van der Waals surface area (Å²) in [6.45, 7) is 0. The fourth-order valence-corrected chi connectivity index (χ4v) is 2.26. The second kappa shape index (κ2) is 3.93.